The third kappa shape index (κ3) is 4.63. The highest BCUT2D eigenvalue weighted by Gasteiger charge is 2.10. The van der Waals surface area contributed by atoms with Gasteiger partial charge in [-0.3, -0.25) is 14.2 Å². The number of aromatic nitrogens is 3. The van der Waals surface area contributed by atoms with E-state index in [0.717, 1.165) is 30.0 Å². The highest BCUT2D eigenvalue weighted by molar-refractivity contribution is 7.71. The lowest BCUT2D eigenvalue weighted by molar-refractivity contribution is 0.0953. The van der Waals surface area contributed by atoms with Crippen molar-refractivity contribution < 1.29 is 4.79 Å². The minimum absolute atomic E-state index is 0.165. The molecule has 1 aromatic carbocycles. The van der Waals surface area contributed by atoms with Crippen molar-refractivity contribution in [3.05, 3.63) is 67.6 Å². The summed E-state index contributed by atoms with van der Waals surface area (Å²) >= 11 is 6.91. The quantitative estimate of drug-likeness (QED) is 0.334. The molecule has 28 heavy (non-hydrogen) atoms. The summed E-state index contributed by atoms with van der Waals surface area (Å²) in [6.07, 6.45) is 4.40. The third-order valence-corrected chi connectivity index (χ3v) is 5.67. The zero-order valence-electron chi connectivity index (χ0n) is 15.7. The minimum atomic E-state index is -0.192. The van der Waals surface area contributed by atoms with Crippen LogP contribution in [0.5, 0.6) is 0 Å². The van der Waals surface area contributed by atoms with Gasteiger partial charge in [-0.05, 0) is 56.6 Å². The summed E-state index contributed by atoms with van der Waals surface area (Å²) in [6, 6.07) is 4.98. The molecule has 0 aliphatic heterocycles. The molecule has 2 N–H and O–H groups in total. The number of unbranched alkanes of at least 4 members (excludes halogenated alkanes) is 1. The number of amides is 1. The predicted molar refractivity (Wildman–Crippen MR) is 116 cm³/mol. The zero-order chi connectivity index (χ0) is 20.1. The number of carbonyl (C=O) groups excluding carboxylic acids is 1. The maximum atomic E-state index is 12.5. The average molecular weight is 415 g/mol. The predicted octanol–water partition coefficient (Wildman–Crippen LogP) is 3.76. The Morgan fingerprint density at radius 1 is 1.43 bits per heavy atom. The van der Waals surface area contributed by atoms with Crippen LogP contribution in [0.3, 0.4) is 0 Å². The first-order chi connectivity index (χ1) is 13.5. The van der Waals surface area contributed by atoms with Gasteiger partial charge in [0.05, 0.1) is 15.9 Å². The minimum Gasteiger partial charge on any atom is -0.352 e. The molecule has 8 heteroatoms. The molecule has 0 aliphatic carbocycles. The molecule has 0 saturated heterocycles. The number of hydrogen-bond donors (Lipinski definition) is 2. The fraction of sp³-hybridized carbons (Fsp3) is 0.300. The monoisotopic (exact) mass is 414 g/mol. The van der Waals surface area contributed by atoms with Gasteiger partial charge in [0, 0.05) is 29.7 Å². The molecule has 3 aromatic rings. The van der Waals surface area contributed by atoms with Crippen LogP contribution < -0.4 is 10.9 Å². The van der Waals surface area contributed by atoms with Crippen LogP contribution >= 0.6 is 23.6 Å². The Morgan fingerprint density at radius 3 is 2.96 bits per heavy atom. The van der Waals surface area contributed by atoms with E-state index in [1.807, 2.05) is 12.3 Å². The number of H-pyrrole nitrogens is 1. The molecule has 0 bridgehead atoms. The SMILES string of the molecule is C=CCn1c(=S)[nH]c2cc(C(=O)NCCCCc3nc(C)cs3)ccc2c1=O. The molecular weight excluding hydrogens is 392 g/mol. The van der Waals surface area contributed by atoms with Gasteiger partial charge in [-0.2, -0.15) is 0 Å². The molecule has 6 nitrogen and oxygen atoms in total. The smallest absolute Gasteiger partial charge is 0.262 e. The van der Waals surface area contributed by atoms with E-state index in [2.05, 4.69) is 21.9 Å². The summed E-state index contributed by atoms with van der Waals surface area (Å²) in [5.74, 6) is -0.165. The Hall–Kier alpha value is -2.58. The maximum Gasteiger partial charge on any atom is 0.262 e. The third-order valence-electron chi connectivity index (χ3n) is 4.33. The molecule has 3 rings (SSSR count). The number of hydrogen-bond acceptors (Lipinski definition) is 5. The summed E-state index contributed by atoms with van der Waals surface area (Å²) in [5, 5.41) is 6.60. The topological polar surface area (TPSA) is 79.8 Å². The number of nitrogens with zero attached hydrogens (tertiary/aromatic N) is 2. The van der Waals surface area contributed by atoms with Gasteiger partial charge in [0.2, 0.25) is 0 Å². The Labute approximate surface area is 172 Å². The highest BCUT2D eigenvalue weighted by Crippen LogP contribution is 2.12. The molecule has 0 radical (unpaired) electrons. The molecule has 0 fully saturated rings. The first kappa shape index (κ1) is 20.2. The number of carbonyl (C=O) groups is 1. The lowest BCUT2D eigenvalue weighted by atomic mass is 10.1. The van der Waals surface area contributed by atoms with Crippen LogP contribution in [0.15, 0.2) is 41.0 Å². The Kier molecular flexibility index (Phi) is 6.53. The van der Waals surface area contributed by atoms with Crippen molar-refractivity contribution in [2.75, 3.05) is 6.54 Å². The molecule has 2 heterocycles. The average Bonchev–Trinajstić information content (AvgIpc) is 3.09. The van der Waals surface area contributed by atoms with Crippen molar-refractivity contribution in [2.45, 2.75) is 32.7 Å². The van der Waals surface area contributed by atoms with E-state index in [-0.39, 0.29) is 11.5 Å². The van der Waals surface area contributed by atoms with Gasteiger partial charge in [0.1, 0.15) is 0 Å². The number of rotatable bonds is 8. The molecule has 146 valence electrons. The van der Waals surface area contributed by atoms with Gasteiger partial charge in [-0.1, -0.05) is 6.08 Å². The molecule has 0 aliphatic rings. The van der Waals surface area contributed by atoms with E-state index in [0.29, 0.717) is 34.3 Å². The second kappa shape index (κ2) is 9.07. The second-order valence-corrected chi connectivity index (χ2v) is 7.82. The number of benzene rings is 1. The molecule has 0 saturated carbocycles. The van der Waals surface area contributed by atoms with Gasteiger partial charge in [0.15, 0.2) is 4.77 Å². The van der Waals surface area contributed by atoms with E-state index in [4.69, 9.17) is 12.2 Å². The number of nitrogens with one attached hydrogen (secondary N) is 2. The Bertz CT molecular complexity index is 1130. The summed E-state index contributed by atoms with van der Waals surface area (Å²) in [7, 11) is 0. The summed E-state index contributed by atoms with van der Waals surface area (Å²) in [5.41, 5.74) is 1.92. The fourth-order valence-electron chi connectivity index (χ4n) is 2.91. The van der Waals surface area contributed by atoms with Crippen LogP contribution in [0.2, 0.25) is 0 Å². The van der Waals surface area contributed by atoms with E-state index in [9.17, 15) is 9.59 Å². The van der Waals surface area contributed by atoms with Crippen LogP contribution in [0.4, 0.5) is 0 Å². The summed E-state index contributed by atoms with van der Waals surface area (Å²) < 4.78 is 1.75. The van der Waals surface area contributed by atoms with Crippen molar-refractivity contribution in [3.63, 3.8) is 0 Å². The first-order valence-electron chi connectivity index (χ1n) is 9.06. The van der Waals surface area contributed by atoms with Crippen LogP contribution in [0.25, 0.3) is 10.9 Å². The van der Waals surface area contributed by atoms with Crippen molar-refractivity contribution in [1.82, 2.24) is 19.9 Å². The van der Waals surface area contributed by atoms with E-state index in [1.165, 1.54) is 4.57 Å². The molecular formula is C20H22N4O2S2. The fourth-order valence-corrected chi connectivity index (χ4v) is 4.00. The van der Waals surface area contributed by atoms with E-state index >= 15 is 0 Å². The molecule has 0 unspecified atom stereocenters. The van der Waals surface area contributed by atoms with Gasteiger partial charge >= 0.3 is 0 Å². The number of fused-ring (bicyclic) bond motifs is 1. The van der Waals surface area contributed by atoms with Gasteiger partial charge in [0.25, 0.3) is 11.5 Å². The highest BCUT2D eigenvalue weighted by atomic mass is 32.1. The van der Waals surface area contributed by atoms with E-state index in [1.54, 1.807) is 35.6 Å². The molecule has 1 amide bonds. The molecule has 0 atom stereocenters. The van der Waals surface area contributed by atoms with Crippen LogP contribution in [-0.4, -0.2) is 27.0 Å². The number of aryl methyl sites for hydroxylation is 2. The lowest BCUT2D eigenvalue weighted by Gasteiger charge is -2.08. The van der Waals surface area contributed by atoms with Gasteiger partial charge < -0.3 is 10.3 Å². The summed E-state index contributed by atoms with van der Waals surface area (Å²) in [6.45, 7) is 6.57. The number of aromatic amines is 1. The Morgan fingerprint density at radius 2 is 2.25 bits per heavy atom. The molecule has 0 spiro atoms. The zero-order valence-corrected chi connectivity index (χ0v) is 17.3. The lowest BCUT2D eigenvalue weighted by Crippen LogP contribution is -2.25. The van der Waals surface area contributed by atoms with Crippen molar-refractivity contribution >= 4 is 40.4 Å². The summed E-state index contributed by atoms with van der Waals surface area (Å²) in [4.78, 5) is 32.4. The van der Waals surface area contributed by atoms with Gasteiger partial charge in [-0.25, -0.2) is 4.98 Å². The van der Waals surface area contributed by atoms with E-state index < -0.39 is 0 Å². The largest absolute Gasteiger partial charge is 0.352 e. The van der Waals surface area contributed by atoms with Crippen molar-refractivity contribution in [3.8, 4) is 0 Å². The van der Waals surface area contributed by atoms with Crippen molar-refractivity contribution in [1.29, 1.82) is 0 Å². The van der Waals surface area contributed by atoms with Crippen LogP contribution in [0, 0.1) is 11.7 Å². The van der Waals surface area contributed by atoms with Gasteiger partial charge in [-0.15, -0.1) is 17.9 Å². The number of thiazole rings is 1. The normalized spacial score (nSPS) is 10.9. The van der Waals surface area contributed by atoms with Crippen LogP contribution in [-0.2, 0) is 13.0 Å². The number of allylic oxidation sites excluding steroid dienone is 1. The first-order valence-corrected chi connectivity index (χ1v) is 10.4. The molecule has 2 aromatic heterocycles. The van der Waals surface area contributed by atoms with Crippen LogP contribution in [0.1, 0.15) is 33.9 Å². The maximum absolute atomic E-state index is 12.5. The van der Waals surface area contributed by atoms with Crippen molar-refractivity contribution in [2.24, 2.45) is 0 Å². The Balaban J connectivity index is 1.62. The standard InChI is InChI=1S/C20H22N4O2S2/c1-3-10-24-19(26)15-8-7-14(11-16(15)23-20(24)27)18(25)21-9-5-4-6-17-22-13(2)12-28-17/h3,7-8,11-12H,1,4-6,9-10H2,2H3,(H,21,25)(H,23,27). The second-order valence-electron chi connectivity index (χ2n) is 6.49.